The second-order valence-corrected chi connectivity index (χ2v) is 9.39. The van der Waals surface area contributed by atoms with Crippen LogP contribution in [0.1, 0.15) is 27.6 Å². The minimum atomic E-state index is -1.04. The molecule has 0 radical (unpaired) electrons. The number of cyclic esters (lactones) is 1. The molecule has 7 nitrogen and oxygen atoms in total. The van der Waals surface area contributed by atoms with Crippen LogP contribution in [-0.4, -0.2) is 28.8 Å². The highest BCUT2D eigenvalue weighted by atomic mass is 35.5. The number of carbonyl (C=O) groups excluding carboxylic acids is 3. The SMILES string of the molecule is O=C(Nc1cccc(C2OC(=O)N(Cc3ccccc3)C2C(=O)Nc2ccc(F)cc2)c1)c1cccc(Cl)c1. The summed E-state index contributed by atoms with van der Waals surface area (Å²) in [6.07, 6.45) is -1.62. The zero-order valence-corrected chi connectivity index (χ0v) is 21.3. The lowest BCUT2D eigenvalue weighted by Gasteiger charge is -2.24. The van der Waals surface area contributed by atoms with E-state index in [-0.39, 0.29) is 12.5 Å². The molecule has 3 amide bonds. The molecule has 0 aromatic heterocycles. The van der Waals surface area contributed by atoms with Crippen LogP contribution < -0.4 is 10.6 Å². The summed E-state index contributed by atoms with van der Waals surface area (Å²) in [5.41, 5.74) is 2.54. The molecule has 0 bridgehead atoms. The van der Waals surface area contributed by atoms with E-state index in [1.54, 1.807) is 48.5 Å². The van der Waals surface area contributed by atoms with Crippen molar-refractivity contribution in [3.8, 4) is 0 Å². The van der Waals surface area contributed by atoms with Gasteiger partial charge in [-0.25, -0.2) is 9.18 Å². The van der Waals surface area contributed by atoms with E-state index < -0.39 is 30.0 Å². The van der Waals surface area contributed by atoms with E-state index in [2.05, 4.69) is 10.6 Å². The average Bonchev–Trinajstić information content (AvgIpc) is 3.26. The first-order chi connectivity index (χ1) is 18.9. The van der Waals surface area contributed by atoms with Crippen LogP contribution in [0.15, 0.2) is 103 Å². The van der Waals surface area contributed by atoms with Gasteiger partial charge in [0.1, 0.15) is 5.82 Å². The molecule has 0 saturated carbocycles. The molecule has 0 aliphatic carbocycles. The Kier molecular flexibility index (Phi) is 7.56. The standard InChI is InChI=1S/C30H23ClFN3O4/c31-22-10-4-9-21(16-22)28(36)34-25-11-5-8-20(17-25)27-26(29(37)33-24-14-12-23(32)13-15-24)35(30(38)39-27)18-19-6-2-1-3-7-19/h1-17,26-27H,18H2,(H,33,37)(H,34,36). The van der Waals surface area contributed by atoms with Crippen molar-refractivity contribution in [2.45, 2.75) is 18.7 Å². The minimum Gasteiger partial charge on any atom is -0.438 e. The van der Waals surface area contributed by atoms with Crippen LogP contribution >= 0.6 is 11.6 Å². The van der Waals surface area contributed by atoms with Gasteiger partial charge in [0.15, 0.2) is 12.1 Å². The van der Waals surface area contributed by atoms with Gasteiger partial charge in [-0.2, -0.15) is 0 Å². The maximum Gasteiger partial charge on any atom is 0.411 e. The number of carbonyl (C=O) groups is 3. The van der Waals surface area contributed by atoms with Crippen LogP contribution in [0.3, 0.4) is 0 Å². The predicted octanol–water partition coefficient (Wildman–Crippen LogP) is 6.43. The van der Waals surface area contributed by atoms with Crippen LogP contribution in [0.25, 0.3) is 0 Å². The molecular formula is C30H23ClFN3O4. The van der Waals surface area contributed by atoms with E-state index in [9.17, 15) is 18.8 Å². The van der Waals surface area contributed by atoms with Gasteiger partial charge in [0, 0.05) is 22.0 Å². The van der Waals surface area contributed by atoms with Gasteiger partial charge >= 0.3 is 6.09 Å². The first-order valence-corrected chi connectivity index (χ1v) is 12.5. The summed E-state index contributed by atoms with van der Waals surface area (Å²) in [5.74, 6) is -1.30. The molecule has 1 aliphatic heterocycles. The Morgan fingerprint density at radius 3 is 2.33 bits per heavy atom. The molecule has 2 atom stereocenters. The van der Waals surface area contributed by atoms with Crippen molar-refractivity contribution in [1.29, 1.82) is 0 Å². The monoisotopic (exact) mass is 543 g/mol. The second kappa shape index (κ2) is 11.4. The van der Waals surface area contributed by atoms with Gasteiger partial charge in [-0.15, -0.1) is 0 Å². The highest BCUT2D eigenvalue weighted by Crippen LogP contribution is 2.35. The van der Waals surface area contributed by atoms with Gasteiger partial charge in [0.2, 0.25) is 0 Å². The molecule has 1 fully saturated rings. The molecule has 0 spiro atoms. The highest BCUT2D eigenvalue weighted by molar-refractivity contribution is 6.31. The van der Waals surface area contributed by atoms with Gasteiger partial charge in [0.05, 0.1) is 6.54 Å². The molecule has 1 aliphatic rings. The maximum absolute atomic E-state index is 13.5. The highest BCUT2D eigenvalue weighted by Gasteiger charge is 2.47. The molecule has 4 aromatic carbocycles. The van der Waals surface area contributed by atoms with Gasteiger partial charge in [-0.05, 0) is 65.7 Å². The fraction of sp³-hybridized carbons (Fsp3) is 0.100. The van der Waals surface area contributed by atoms with Crippen molar-refractivity contribution < 1.29 is 23.5 Å². The Bertz CT molecular complexity index is 1510. The summed E-state index contributed by atoms with van der Waals surface area (Å²) >= 11 is 6.01. The summed E-state index contributed by atoms with van der Waals surface area (Å²) in [4.78, 5) is 40.7. The number of benzene rings is 4. The van der Waals surface area contributed by atoms with E-state index in [1.165, 1.54) is 29.2 Å². The number of ether oxygens (including phenoxy) is 1. The topological polar surface area (TPSA) is 87.7 Å². The summed E-state index contributed by atoms with van der Waals surface area (Å²) in [6.45, 7) is 0.142. The van der Waals surface area contributed by atoms with Crippen molar-refractivity contribution in [1.82, 2.24) is 4.90 Å². The Labute approximate surface area is 229 Å². The molecule has 5 rings (SSSR count). The zero-order valence-electron chi connectivity index (χ0n) is 20.5. The van der Waals surface area contributed by atoms with Crippen LogP contribution in [0.2, 0.25) is 5.02 Å². The summed E-state index contributed by atoms with van der Waals surface area (Å²) < 4.78 is 19.1. The smallest absolute Gasteiger partial charge is 0.411 e. The number of nitrogens with zero attached hydrogens (tertiary/aromatic N) is 1. The van der Waals surface area contributed by atoms with Crippen molar-refractivity contribution >= 4 is 40.9 Å². The normalized spacial score (nSPS) is 16.5. The number of amides is 3. The van der Waals surface area contributed by atoms with Crippen LogP contribution in [0.5, 0.6) is 0 Å². The number of nitrogens with one attached hydrogen (secondary N) is 2. The third-order valence-corrected chi connectivity index (χ3v) is 6.46. The molecule has 2 N–H and O–H groups in total. The summed E-state index contributed by atoms with van der Waals surface area (Å²) in [5, 5.41) is 6.01. The molecular weight excluding hydrogens is 521 g/mol. The minimum absolute atomic E-state index is 0.142. The van der Waals surface area contributed by atoms with Gasteiger partial charge in [0.25, 0.3) is 11.8 Å². The molecule has 196 valence electrons. The molecule has 1 saturated heterocycles. The number of halogens is 2. The van der Waals surface area contributed by atoms with E-state index in [1.807, 2.05) is 30.3 Å². The maximum atomic E-state index is 13.5. The van der Waals surface area contributed by atoms with Crippen molar-refractivity contribution in [3.05, 3.63) is 131 Å². The first kappa shape index (κ1) is 25.9. The molecule has 39 heavy (non-hydrogen) atoms. The van der Waals surface area contributed by atoms with Crippen LogP contribution in [0, 0.1) is 5.82 Å². The van der Waals surface area contributed by atoms with Crippen LogP contribution in [-0.2, 0) is 16.1 Å². The third-order valence-electron chi connectivity index (χ3n) is 6.22. The summed E-state index contributed by atoms with van der Waals surface area (Å²) in [6, 6.07) is 26.9. The summed E-state index contributed by atoms with van der Waals surface area (Å²) in [7, 11) is 0. The Hall–Kier alpha value is -4.69. The third kappa shape index (κ3) is 6.08. The molecule has 2 unspecified atom stereocenters. The number of hydrogen-bond donors (Lipinski definition) is 2. The van der Waals surface area contributed by atoms with Crippen LogP contribution in [0.4, 0.5) is 20.6 Å². The lowest BCUT2D eigenvalue weighted by molar-refractivity contribution is -0.121. The number of hydrogen-bond acceptors (Lipinski definition) is 4. The Morgan fingerprint density at radius 2 is 1.59 bits per heavy atom. The lowest BCUT2D eigenvalue weighted by Crippen LogP contribution is -2.43. The van der Waals surface area contributed by atoms with E-state index in [0.717, 1.165) is 5.56 Å². The van der Waals surface area contributed by atoms with Gasteiger partial charge < -0.3 is 15.4 Å². The van der Waals surface area contributed by atoms with E-state index in [0.29, 0.717) is 27.5 Å². The fourth-order valence-electron chi connectivity index (χ4n) is 4.37. The zero-order chi connectivity index (χ0) is 27.4. The number of rotatable bonds is 7. The fourth-order valence-corrected chi connectivity index (χ4v) is 4.56. The lowest BCUT2D eigenvalue weighted by atomic mass is 10.00. The molecule has 9 heteroatoms. The largest absolute Gasteiger partial charge is 0.438 e. The van der Waals surface area contributed by atoms with Gasteiger partial charge in [-0.3, -0.25) is 14.5 Å². The van der Waals surface area contributed by atoms with Crippen molar-refractivity contribution in [3.63, 3.8) is 0 Å². The predicted molar refractivity (Wildman–Crippen MR) is 146 cm³/mol. The van der Waals surface area contributed by atoms with Crippen molar-refractivity contribution in [2.75, 3.05) is 10.6 Å². The quantitative estimate of drug-likeness (QED) is 0.281. The van der Waals surface area contributed by atoms with Gasteiger partial charge in [-0.1, -0.05) is 60.1 Å². The molecule has 4 aromatic rings. The van der Waals surface area contributed by atoms with Crippen molar-refractivity contribution in [2.24, 2.45) is 0 Å². The Balaban J connectivity index is 1.43. The first-order valence-electron chi connectivity index (χ1n) is 12.1. The van der Waals surface area contributed by atoms with E-state index in [4.69, 9.17) is 16.3 Å². The average molecular weight is 544 g/mol. The number of anilines is 2. The second-order valence-electron chi connectivity index (χ2n) is 8.95. The van der Waals surface area contributed by atoms with E-state index >= 15 is 0 Å². The molecule has 1 heterocycles. The Morgan fingerprint density at radius 1 is 0.846 bits per heavy atom.